The highest BCUT2D eigenvalue weighted by atomic mass is 35.5. The minimum absolute atomic E-state index is 0.0303. The second-order valence-corrected chi connectivity index (χ2v) is 3.96. The summed E-state index contributed by atoms with van der Waals surface area (Å²) in [6.45, 7) is 1.35. The molecule has 0 atom stereocenters. The maximum absolute atomic E-state index is 11.7. The molecule has 0 aliphatic rings. The lowest BCUT2D eigenvalue weighted by atomic mass is 10.2. The monoisotopic (exact) mass is 252 g/mol. The van der Waals surface area contributed by atoms with Gasteiger partial charge in [-0.05, 0) is 18.2 Å². The van der Waals surface area contributed by atoms with Gasteiger partial charge in [-0.3, -0.25) is 9.69 Å². The van der Waals surface area contributed by atoms with Gasteiger partial charge in [0.25, 0.3) is 0 Å². The summed E-state index contributed by atoms with van der Waals surface area (Å²) in [4.78, 5) is 28.1. The number of carbonyl (C=O) groups excluding carboxylic acids is 1. The highest BCUT2D eigenvalue weighted by molar-refractivity contribution is 6.31. The van der Waals surface area contributed by atoms with Gasteiger partial charge in [0.15, 0.2) is 0 Å². The minimum Gasteiger partial charge on any atom is -0.388 e. The zero-order valence-corrected chi connectivity index (χ0v) is 9.99. The molecular weight excluding hydrogens is 244 g/mol. The van der Waals surface area contributed by atoms with Crippen LogP contribution in [0.1, 0.15) is 6.92 Å². The van der Waals surface area contributed by atoms with Crippen molar-refractivity contribution in [3.63, 3.8) is 0 Å². The molecule has 5 nitrogen and oxygen atoms in total. The third-order valence-electron chi connectivity index (χ3n) is 2.34. The predicted molar refractivity (Wildman–Crippen MR) is 64.4 cm³/mol. The summed E-state index contributed by atoms with van der Waals surface area (Å²) in [5.74, 6) is -0.269. The molecule has 0 aliphatic heterocycles. The summed E-state index contributed by atoms with van der Waals surface area (Å²) >= 11 is 5.77. The minimum atomic E-state index is -0.569. The zero-order valence-electron chi connectivity index (χ0n) is 9.23. The van der Waals surface area contributed by atoms with Crippen molar-refractivity contribution in [1.29, 1.82) is 0 Å². The molecule has 6 heteroatoms. The van der Waals surface area contributed by atoms with Crippen LogP contribution in [0.25, 0.3) is 10.9 Å². The third-order valence-corrected chi connectivity index (χ3v) is 2.57. The quantitative estimate of drug-likeness (QED) is 0.777. The summed E-state index contributed by atoms with van der Waals surface area (Å²) in [5.41, 5.74) is -0.130. The van der Waals surface area contributed by atoms with E-state index in [1.54, 1.807) is 12.1 Å². The van der Waals surface area contributed by atoms with E-state index in [0.29, 0.717) is 15.9 Å². The fraction of sp³-hybridized carbons (Fsp3) is 0.182. The molecule has 0 radical (unpaired) electrons. The Morgan fingerprint density at radius 1 is 1.47 bits per heavy atom. The normalized spacial score (nSPS) is 10.5. The third kappa shape index (κ3) is 2.14. The topological polar surface area (TPSA) is 63.4 Å². The molecule has 0 aliphatic carbocycles. The second kappa shape index (κ2) is 4.18. The highest BCUT2D eigenvalue weighted by Gasteiger charge is 2.13. The Morgan fingerprint density at radius 3 is 2.82 bits per heavy atom. The fourth-order valence-electron chi connectivity index (χ4n) is 1.31. The van der Waals surface area contributed by atoms with Gasteiger partial charge in [0.1, 0.15) is 0 Å². The van der Waals surface area contributed by atoms with Gasteiger partial charge >= 0.3 is 11.6 Å². The van der Waals surface area contributed by atoms with Crippen LogP contribution < -0.4 is 10.5 Å². The van der Waals surface area contributed by atoms with Crippen LogP contribution in [0.2, 0.25) is 5.02 Å². The van der Waals surface area contributed by atoms with Crippen LogP contribution in [0.15, 0.2) is 27.4 Å². The number of anilines is 1. The van der Waals surface area contributed by atoms with Gasteiger partial charge in [0.2, 0.25) is 5.91 Å². The van der Waals surface area contributed by atoms with Gasteiger partial charge in [-0.2, -0.15) is 4.98 Å². The number of carbonyl (C=O) groups is 1. The molecule has 0 spiro atoms. The summed E-state index contributed by atoms with van der Waals surface area (Å²) < 4.78 is 4.95. The van der Waals surface area contributed by atoms with Crippen LogP contribution in [0.3, 0.4) is 0 Å². The first-order chi connectivity index (χ1) is 7.99. The van der Waals surface area contributed by atoms with Crippen LogP contribution in [0.5, 0.6) is 0 Å². The Kier molecular flexibility index (Phi) is 2.85. The Bertz CT molecular complexity index is 651. The van der Waals surface area contributed by atoms with Crippen molar-refractivity contribution in [3.8, 4) is 0 Å². The number of rotatable bonds is 1. The van der Waals surface area contributed by atoms with Gasteiger partial charge < -0.3 is 4.42 Å². The lowest BCUT2D eigenvalue weighted by molar-refractivity contribution is -0.116. The first-order valence-electron chi connectivity index (χ1n) is 4.84. The van der Waals surface area contributed by atoms with Crippen LogP contribution in [-0.4, -0.2) is 17.9 Å². The highest BCUT2D eigenvalue weighted by Crippen LogP contribution is 2.17. The Balaban J connectivity index is 2.68. The molecule has 1 aromatic heterocycles. The van der Waals surface area contributed by atoms with E-state index in [4.69, 9.17) is 16.0 Å². The van der Waals surface area contributed by atoms with Crippen molar-refractivity contribution in [3.05, 3.63) is 33.6 Å². The van der Waals surface area contributed by atoms with Crippen molar-refractivity contribution >= 4 is 34.4 Å². The number of fused-ring (bicyclic) bond motifs is 1. The van der Waals surface area contributed by atoms with Crippen LogP contribution in [-0.2, 0) is 4.79 Å². The fourth-order valence-corrected chi connectivity index (χ4v) is 1.48. The largest absolute Gasteiger partial charge is 0.388 e. The first kappa shape index (κ1) is 11.6. The second-order valence-electron chi connectivity index (χ2n) is 3.52. The number of benzene rings is 1. The summed E-state index contributed by atoms with van der Waals surface area (Å²) in [7, 11) is 1.48. The van der Waals surface area contributed by atoms with Crippen molar-refractivity contribution in [2.75, 3.05) is 11.9 Å². The van der Waals surface area contributed by atoms with Gasteiger partial charge in [-0.25, -0.2) is 4.79 Å². The Hall–Kier alpha value is -1.88. The number of aromatic nitrogens is 1. The molecular formula is C11H9ClN2O3. The summed E-state index contributed by atoms with van der Waals surface area (Å²) in [6, 6.07) is 4.67. The molecule has 2 rings (SSSR count). The van der Waals surface area contributed by atoms with E-state index < -0.39 is 5.63 Å². The maximum atomic E-state index is 11.7. The first-order valence-corrected chi connectivity index (χ1v) is 5.21. The lowest BCUT2D eigenvalue weighted by Crippen LogP contribution is -2.25. The van der Waals surface area contributed by atoms with E-state index in [1.165, 1.54) is 20.0 Å². The molecule has 88 valence electrons. The SMILES string of the molecule is CC(=O)N(C)c1nc2ccc(Cl)cc2c(=O)o1. The number of hydrogen-bond acceptors (Lipinski definition) is 4. The molecule has 0 fully saturated rings. The molecule has 0 saturated carbocycles. The van der Waals surface area contributed by atoms with Crippen LogP contribution in [0, 0.1) is 0 Å². The van der Waals surface area contributed by atoms with Crippen molar-refractivity contribution in [2.24, 2.45) is 0 Å². The number of hydrogen-bond donors (Lipinski definition) is 0. The molecule has 1 amide bonds. The van der Waals surface area contributed by atoms with E-state index in [0.717, 1.165) is 4.90 Å². The van der Waals surface area contributed by atoms with E-state index in [2.05, 4.69) is 4.98 Å². The smallest absolute Gasteiger partial charge is 0.348 e. The van der Waals surface area contributed by atoms with E-state index in [9.17, 15) is 9.59 Å². The molecule has 2 aromatic rings. The van der Waals surface area contributed by atoms with Crippen molar-refractivity contribution in [1.82, 2.24) is 4.98 Å². The number of halogens is 1. The Morgan fingerprint density at radius 2 is 2.18 bits per heavy atom. The van der Waals surface area contributed by atoms with Crippen molar-refractivity contribution in [2.45, 2.75) is 6.92 Å². The number of nitrogens with zero attached hydrogens (tertiary/aromatic N) is 2. The molecule has 17 heavy (non-hydrogen) atoms. The van der Waals surface area contributed by atoms with Gasteiger partial charge in [-0.15, -0.1) is 0 Å². The van der Waals surface area contributed by atoms with E-state index in [-0.39, 0.29) is 11.9 Å². The van der Waals surface area contributed by atoms with Crippen molar-refractivity contribution < 1.29 is 9.21 Å². The lowest BCUT2D eigenvalue weighted by Gasteiger charge is -2.11. The van der Waals surface area contributed by atoms with Crippen LogP contribution >= 0.6 is 11.6 Å². The standard InChI is InChI=1S/C11H9ClN2O3/c1-6(15)14(2)11-13-9-4-3-7(12)5-8(9)10(16)17-11/h3-5H,1-2H3. The molecule has 0 saturated heterocycles. The number of amides is 1. The molecule has 0 unspecified atom stereocenters. The summed E-state index contributed by atoms with van der Waals surface area (Å²) in [5, 5.41) is 0.720. The molecule has 0 N–H and O–H groups in total. The maximum Gasteiger partial charge on any atom is 0.348 e. The van der Waals surface area contributed by atoms with Gasteiger partial charge in [0.05, 0.1) is 10.9 Å². The molecule has 1 aromatic carbocycles. The predicted octanol–water partition coefficient (Wildman–Crippen LogP) is 1.82. The van der Waals surface area contributed by atoms with Crippen LogP contribution in [0.4, 0.5) is 6.01 Å². The summed E-state index contributed by atoms with van der Waals surface area (Å²) in [6.07, 6.45) is 0. The zero-order chi connectivity index (χ0) is 12.6. The van der Waals surface area contributed by atoms with Gasteiger partial charge in [-0.1, -0.05) is 11.6 Å². The molecule has 0 bridgehead atoms. The molecule has 1 heterocycles. The van der Waals surface area contributed by atoms with E-state index >= 15 is 0 Å². The van der Waals surface area contributed by atoms with Gasteiger partial charge in [0, 0.05) is 19.0 Å². The average Bonchev–Trinajstić information content (AvgIpc) is 2.28. The Labute approximate surface area is 102 Å². The average molecular weight is 253 g/mol. The van der Waals surface area contributed by atoms with E-state index in [1.807, 2.05) is 0 Å².